The van der Waals surface area contributed by atoms with Crippen molar-refractivity contribution in [1.82, 2.24) is 9.97 Å². The standard InChI is InChI=1S/C11H8FIN2O/c12-9-4-2-1-3-8(9)6-16-11-10(13)5-14-7-15-11/h1-5,7H,6H2. The molecule has 1 heterocycles. The molecule has 0 aliphatic heterocycles. The number of hydrogen-bond donors (Lipinski definition) is 0. The Morgan fingerprint density at radius 3 is 2.88 bits per heavy atom. The second kappa shape index (κ2) is 5.20. The van der Waals surface area contributed by atoms with Crippen molar-refractivity contribution in [1.29, 1.82) is 0 Å². The summed E-state index contributed by atoms with van der Waals surface area (Å²) in [6, 6.07) is 6.51. The molecule has 82 valence electrons. The highest BCUT2D eigenvalue weighted by atomic mass is 127. The van der Waals surface area contributed by atoms with Crippen molar-refractivity contribution in [2.75, 3.05) is 0 Å². The Hall–Kier alpha value is -1.24. The van der Waals surface area contributed by atoms with Gasteiger partial charge in [0.25, 0.3) is 0 Å². The number of benzene rings is 1. The van der Waals surface area contributed by atoms with E-state index in [2.05, 4.69) is 32.6 Å². The lowest BCUT2D eigenvalue weighted by molar-refractivity contribution is 0.285. The average molecular weight is 330 g/mol. The van der Waals surface area contributed by atoms with Crippen LogP contribution in [0, 0.1) is 9.39 Å². The molecule has 2 aromatic rings. The molecule has 0 saturated carbocycles. The van der Waals surface area contributed by atoms with Gasteiger partial charge in [-0.05, 0) is 28.7 Å². The molecule has 0 atom stereocenters. The monoisotopic (exact) mass is 330 g/mol. The summed E-state index contributed by atoms with van der Waals surface area (Å²) in [5, 5.41) is 0. The summed E-state index contributed by atoms with van der Waals surface area (Å²) in [5.74, 6) is 0.199. The van der Waals surface area contributed by atoms with E-state index < -0.39 is 0 Å². The molecule has 0 bridgehead atoms. The highest BCUT2D eigenvalue weighted by Gasteiger charge is 2.05. The van der Waals surface area contributed by atoms with Gasteiger partial charge in [-0.2, -0.15) is 0 Å². The van der Waals surface area contributed by atoms with E-state index >= 15 is 0 Å². The largest absolute Gasteiger partial charge is 0.472 e. The molecule has 1 aromatic heterocycles. The van der Waals surface area contributed by atoms with Gasteiger partial charge in [0, 0.05) is 11.8 Å². The molecule has 3 nitrogen and oxygen atoms in total. The smallest absolute Gasteiger partial charge is 0.230 e. The van der Waals surface area contributed by atoms with Gasteiger partial charge in [-0.3, -0.25) is 0 Å². The molecule has 5 heteroatoms. The number of halogens is 2. The fourth-order valence-corrected chi connectivity index (χ4v) is 1.62. The van der Waals surface area contributed by atoms with Crippen LogP contribution in [0.5, 0.6) is 5.88 Å². The van der Waals surface area contributed by atoms with E-state index in [4.69, 9.17) is 4.74 Å². The quantitative estimate of drug-likeness (QED) is 0.812. The van der Waals surface area contributed by atoms with Crippen molar-refractivity contribution in [3.05, 3.63) is 51.7 Å². The Balaban J connectivity index is 2.09. The Morgan fingerprint density at radius 1 is 1.31 bits per heavy atom. The van der Waals surface area contributed by atoms with Crippen LogP contribution >= 0.6 is 22.6 Å². The third kappa shape index (κ3) is 2.66. The Kier molecular flexibility index (Phi) is 3.66. The number of rotatable bonds is 3. The summed E-state index contributed by atoms with van der Waals surface area (Å²) in [7, 11) is 0. The van der Waals surface area contributed by atoms with Crippen LogP contribution in [0.1, 0.15) is 5.56 Å². The predicted octanol–water partition coefficient (Wildman–Crippen LogP) is 2.80. The van der Waals surface area contributed by atoms with E-state index in [-0.39, 0.29) is 12.4 Å². The minimum absolute atomic E-state index is 0.166. The third-order valence-corrected chi connectivity index (χ3v) is 2.70. The molecule has 0 N–H and O–H groups in total. The molecule has 0 aliphatic carbocycles. The number of nitrogens with zero attached hydrogens (tertiary/aromatic N) is 2. The van der Waals surface area contributed by atoms with E-state index in [9.17, 15) is 4.39 Å². The first-order valence-corrected chi connectivity index (χ1v) is 5.67. The van der Waals surface area contributed by atoms with Crippen molar-refractivity contribution >= 4 is 22.6 Å². The van der Waals surface area contributed by atoms with E-state index in [0.717, 1.165) is 3.57 Å². The van der Waals surface area contributed by atoms with Crippen LogP contribution in [0.2, 0.25) is 0 Å². The zero-order valence-corrected chi connectivity index (χ0v) is 10.4. The van der Waals surface area contributed by atoms with Crippen LogP contribution in [0.3, 0.4) is 0 Å². The van der Waals surface area contributed by atoms with Gasteiger partial charge in [-0.25, -0.2) is 14.4 Å². The van der Waals surface area contributed by atoms with E-state index in [1.54, 1.807) is 24.4 Å². The summed E-state index contributed by atoms with van der Waals surface area (Å²) < 4.78 is 19.5. The Morgan fingerprint density at radius 2 is 2.12 bits per heavy atom. The summed E-state index contributed by atoms with van der Waals surface area (Å²) >= 11 is 2.07. The fourth-order valence-electron chi connectivity index (χ4n) is 1.17. The average Bonchev–Trinajstić information content (AvgIpc) is 2.30. The molecule has 2 rings (SSSR count). The minimum atomic E-state index is -0.272. The zero-order chi connectivity index (χ0) is 11.4. The SMILES string of the molecule is Fc1ccccc1COc1ncncc1I. The van der Waals surface area contributed by atoms with Gasteiger partial charge in [-0.1, -0.05) is 18.2 Å². The second-order valence-corrected chi connectivity index (χ2v) is 4.22. The van der Waals surface area contributed by atoms with Gasteiger partial charge in [0.1, 0.15) is 18.8 Å². The van der Waals surface area contributed by atoms with Gasteiger partial charge >= 0.3 is 0 Å². The lowest BCUT2D eigenvalue weighted by Gasteiger charge is -2.06. The van der Waals surface area contributed by atoms with Crippen molar-refractivity contribution in [2.45, 2.75) is 6.61 Å². The van der Waals surface area contributed by atoms with Gasteiger partial charge in [0.15, 0.2) is 0 Å². The minimum Gasteiger partial charge on any atom is -0.472 e. The van der Waals surface area contributed by atoms with Gasteiger partial charge in [0.05, 0.1) is 3.57 Å². The zero-order valence-electron chi connectivity index (χ0n) is 8.23. The van der Waals surface area contributed by atoms with Crippen molar-refractivity contribution in [3.8, 4) is 5.88 Å². The molecule has 1 aromatic carbocycles. The summed E-state index contributed by atoms with van der Waals surface area (Å²) in [6.07, 6.45) is 3.04. The summed E-state index contributed by atoms with van der Waals surface area (Å²) in [5.41, 5.74) is 0.511. The molecule has 0 fully saturated rings. The van der Waals surface area contributed by atoms with Crippen LogP contribution in [-0.4, -0.2) is 9.97 Å². The molecule has 0 unspecified atom stereocenters. The number of hydrogen-bond acceptors (Lipinski definition) is 3. The predicted molar refractivity (Wildman–Crippen MR) is 65.5 cm³/mol. The van der Waals surface area contributed by atoms with Crippen LogP contribution in [0.15, 0.2) is 36.8 Å². The molecular weight excluding hydrogens is 322 g/mol. The highest BCUT2D eigenvalue weighted by molar-refractivity contribution is 14.1. The number of ether oxygens (including phenoxy) is 1. The molecule has 0 amide bonds. The maximum absolute atomic E-state index is 13.3. The molecule has 0 aliphatic rings. The first kappa shape index (κ1) is 11.3. The van der Waals surface area contributed by atoms with Gasteiger partial charge < -0.3 is 4.74 Å². The van der Waals surface area contributed by atoms with E-state index in [0.29, 0.717) is 11.4 Å². The van der Waals surface area contributed by atoms with Crippen LogP contribution in [0.4, 0.5) is 4.39 Å². The summed E-state index contributed by atoms with van der Waals surface area (Å²) in [6.45, 7) is 0.166. The van der Waals surface area contributed by atoms with Crippen LogP contribution < -0.4 is 4.74 Å². The lowest BCUT2D eigenvalue weighted by atomic mass is 10.2. The van der Waals surface area contributed by atoms with Gasteiger partial charge in [0.2, 0.25) is 5.88 Å². The maximum Gasteiger partial charge on any atom is 0.230 e. The van der Waals surface area contributed by atoms with Crippen LogP contribution in [-0.2, 0) is 6.61 Å². The third-order valence-electron chi connectivity index (χ3n) is 1.96. The van der Waals surface area contributed by atoms with E-state index in [1.165, 1.54) is 12.4 Å². The highest BCUT2D eigenvalue weighted by Crippen LogP contribution is 2.17. The van der Waals surface area contributed by atoms with Crippen LogP contribution in [0.25, 0.3) is 0 Å². The Bertz CT molecular complexity index is 447. The van der Waals surface area contributed by atoms with Crippen molar-refractivity contribution < 1.29 is 9.13 Å². The van der Waals surface area contributed by atoms with Crippen molar-refractivity contribution in [3.63, 3.8) is 0 Å². The summed E-state index contributed by atoms with van der Waals surface area (Å²) in [4.78, 5) is 7.80. The van der Waals surface area contributed by atoms with Gasteiger partial charge in [-0.15, -0.1) is 0 Å². The number of aromatic nitrogens is 2. The second-order valence-electron chi connectivity index (χ2n) is 3.06. The topological polar surface area (TPSA) is 35.0 Å². The fraction of sp³-hybridized carbons (Fsp3) is 0.0909. The first-order valence-electron chi connectivity index (χ1n) is 4.59. The maximum atomic E-state index is 13.3. The first-order chi connectivity index (χ1) is 7.77. The molecular formula is C11H8FIN2O. The van der Waals surface area contributed by atoms with Crippen molar-refractivity contribution in [2.24, 2.45) is 0 Å². The normalized spacial score (nSPS) is 10.1. The van der Waals surface area contributed by atoms with E-state index in [1.807, 2.05) is 0 Å². The molecule has 0 radical (unpaired) electrons. The lowest BCUT2D eigenvalue weighted by Crippen LogP contribution is -2.01. The molecule has 0 saturated heterocycles. The molecule has 16 heavy (non-hydrogen) atoms. The molecule has 0 spiro atoms. The Labute approximate surface area is 106 Å².